The molecule has 3 fully saturated rings. The maximum atomic E-state index is 12.8. The smallest absolute Gasteiger partial charge is 0.342 e. The Morgan fingerprint density at radius 2 is 1.33 bits per heavy atom. The van der Waals surface area contributed by atoms with E-state index in [1.165, 1.54) is 24.3 Å². The Labute approximate surface area is 256 Å². The first-order valence-corrected chi connectivity index (χ1v) is 14.0. The number of ether oxygens (including phenoxy) is 6. The number of carbonyl (C=O) groups excluding carboxylic acids is 1. The Hall–Kier alpha value is -1.99. The molecule has 0 radical (unpaired) electrons. The average Bonchev–Trinajstić information content (AvgIpc) is 3.05. The van der Waals surface area contributed by atoms with Crippen LogP contribution in [0.1, 0.15) is 11.7 Å². The summed E-state index contributed by atoms with van der Waals surface area (Å²) in [5.41, 5.74) is 18.0. The lowest BCUT2D eigenvalue weighted by atomic mass is 9.93. The van der Waals surface area contributed by atoms with Crippen molar-refractivity contribution < 1.29 is 79.2 Å². The Kier molecular flexibility index (Phi) is 11.8. The second-order valence-electron chi connectivity index (χ2n) is 11.0. The number of benzene rings is 1. The number of hydrogen-bond donors (Lipinski definition) is 12. The van der Waals surface area contributed by atoms with Crippen molar-refractivity contribution in [3.8, 4) is 0 Å². The van der Waals surface area contributed by atoms with Crippen molar-refractivity contribution in [3.63, 3.8) is 0 Å². The molecule has 3 saturated heterocycles. The molecule has 15 N–H and O–H groups in total. The van der Waals surface area contributed by atoms with Crippen LogP contribution in [0.2, 0.25) is 0 Å². The zero-order valence-electron chi connectivity index (χ0n) is 23.8. The van der Waals surface area contributed by atoms with Crippen molar-refractivity contribution in [1.82, 2.24) is 0 Å². The molecular weight excluding hydrogens is 610 g/mol. The van der Waals surface area contributed by atoms with Gasteiger partial charge >= 0.3 is 5.97 Å². The van der Waals surface area contributed by atoms with Gasteiger partial charge in [0.2, 0.25) is 0 Å². The van der Waals surface area contributed by atoms with Gasteiger partial charge in [-0.1, -0.05) is 30.3 Å². The van der Waals surface area contributed by atoms with Gasteiger partial charge in [-0.25, -0.2) is 4.79 Å². The van der Waals surface area contributed by atoms with E-state index in [0.717, 1.165) is 0 Å². The normalized spacial score (nSPS) is 44.7. The van der Waals surface area contributed by atoms with Crippen LogP contribution in [0.3, 0.4) is 0 Å². The van der Waals surface area contributed by atoms with Crippen LogP contribution >= 0.6 is 0 Å². The summed E-state index contributed by atoms with van der Waals surface area (Å²) in [5.74, 6) is -4.08. The van der Waals surface area contributed by atoms with E-state index in [0.29, 0.717) is 0 Å². The Bertz CT molecular complexity index is 1110. The van der Waals surface area contributed by atoms with Gasteiger partial charge in [0.15, 0.2) is 25.0 Å². The summed E-state index contributed by atoms with van der Waals surface area (Å²) in [4.78, 5) is 12.8. The molecule has 0 spiro atoms. The van der Waals surface area contributed by atoms with Gasteiger partial charge in [-0.2, -0.15) is 0 Å². The van der Waals surface area contributed by atoms with E-state index in [2.05, 4.69) is 0 Å². The molecule has 0 saturated carbocycles. The van der Waals surface area contributed by atoms with Crippen LogP contribution in [0.5, 0.6) is 0 Å². The molecule has 3 aliphatic heterocycles. The molecule has 1 aromatic rings. The molecule has 256 valence electrons. The SMILES string of the molecule is N[C@H]1[C@@H](OC2[C@@H](CO)O[C@@H](OC3[C@@H](CO)O[C@@H](O)[C@H](N)[C@H]3O)[C@H](N)[C@H]2O)O[C@](CO)(OC(=O)C(O)c2ccccc2)[C@@H](O)[C@@H]1O. The van der Waals surface area contributed by atoms with E-state index < -0.39 is 124 Å². The number of esters is 1. The molecule has 0 amide bonds. The molecule has 4 rings (SSSR count). The maximum absolute atomic E-state index is 12.8. The lowest BCUT2D eigenvalue weighted by Gasteiger charge is -2.50. The summed E-state index contributed by atoms with van der Waals surface area (Å²) in [6.07, 6.45) is -20.1. The molecule has 3 unspecified atom stereocenters. The van der Waals surface area contributed by atoms with Gasteiger partial charge in [0.05, 0.1) is 31.3 Å². The highest BCUT2D eigenvalue weighted by molar-refractivity contribution is 5.76. The minimum Gasteiger partial charge on any atom is -0.425 e. The Morgan fingerprint density at radius 3 is 1.91 bits per heavy atom. The molecule has 3 heterocycles. The zero-order valence-corrected chi connectivity index (χ0v) is 23.8. The summed E-state index contributed by atoms with van der Waals surface area (Å²) < 4.78 is 33.0. The second kappa shape index (κ2) is 14.8. The van der Waals surface area contributed by atoms with Crippen LogP contribution in [-0.4, -0.2) is 163 Å². The number of aliphatic hydroxyl groups is 9. The first-order chi connectivity index (χ1) is 21.3. The molecule has 0 bridgehead atoms. The molecule has 0 aliphatic carbocycles. The number of carbonyl (C=O) groups is 1. The third kappa shape index (κ3) is 7.15. The van der Waals surface area contributed by atoms with Crippen molar-refractivity contribution in [2.45, 2.75) is 97.7 Å². The molecule has 0 aromatic heterocycles. The first kappa shape index (κ1) is 35.9. The van der Waals surface area contributed by atoms with Gasteiger partial charge in [-0.05, 0) is 5.56 Å². The van der Waals surface area contributed by atoms with Crippen LogP contribution in [0, 0.1) is 0 Å². The van der Waals surface area contributed by atoms with E-state index >= 15 is 0 Å². The first-order valence-electron chi connectivity index (χ1n) is 14.0. The second-order valence-corrected chi connectivity index (χ2v) is 11.0. The topological polar surface area (TPSA) is 333 Å². The molecule has 16 atom stereocenters. The predicted octanol–water partition coefficient (Wildman–Crippen LogP) is -7.07. The largest absolute Gasteiger partial charge is 0.425 e. The quantitative estimate of drug-likeness (QED) is 0.105. The number of nitrogens with two attached hydrogens (primary N) is 3. The standard InChI is InChI=1S/C26H41N3O16/c27-12-16(34)19(10(6-30)40-22(12)38)42-24-13(28)17(35)20(11(7-31)41-24)43-25-14(29)18(36)21(37)26(8-32,45-25)44-23(39)15(33)9-4-2-1-3-5-9/h1-5,10-22,24-25,30-38H,6-8,27-29H2/t10-,11-,12-,13-,14-,15?,16-,17-,18-,19?,20?,21+,22-,24+,25+,26+/m1/s1. The summed E-state index contributed by atoms with van der Waals surface area (Å²) in [6, 6.07) is 3.12. The van der Waals surface area contributed by atoms with Gasteiger partial charge < -0.3 is 91.6 Å². The van der Waals surface area contributed by atoms with Crippen molar-refractivity contribution in [2.75, 3.05) is 19.8 Å². The minimum absolute atomic E-state index is 0.112. The monoisotopic (exact) mass is 651 g/mol. The molecule has 1 aromatic carbocycles. The lowest BCUT2D eigenvalue weighted by Crippen LogP contribution is -2.72. The molecule has 19 heteroatoms. The van der Waals surface area contributed by atoms with Crippen LogP contribution in [0.25, 0.3) is 0 Å². The number of aliphatic hydroxyl groups excluding tert-OH is 9. The highest BCUT2D eigenvalue weighted by atomic mass is 16.8. The van der Waals surface area contributed by atoms with Gasteiger partial charge in [0, 0.05) is 0 Å². The van der Waals surface area contributed by atoms with Crippen molar-refractivity contribution >= 4 is 5.97 Å². The van der Waals surface area contributed by atoms with Crippen LogP contribution < -0.4 is 17.2 Å². The van der Waals surface area contributed by atoms with Gasteiger partial charge in [0.25, 0.3) is 5.79 Å². The van der Waals surface area contributed by atoms with E-state index in [-0.39, 0.29) is 5.56 Å². The van der Waals surface area contributed by atoms with Gasteiger partial charge in [0.1, 0.15) is 55.4 Å². The van der Waals surface area contributed by atoms with Crippen molar-refractivity contribution in [3.05, 3.63) is 35.9 Å². The number of hydrogen-bond acceptors (Lipinski definition) is 19. The molecule has 19 nitrogen and oxygen atoms in total. The fourth-order valence-corrected chi connectivity index (χ4v) is 5.30. The van der Waals surface area contributed by atoms with Crippen molar-refractivity contribution in [2.24, 2.45) is 17.2 Å². The fraction of sp³-hybridized carbons (Fsp3) is 0.731. The minimum atomic E-state index is -2.71. The van der Waals surface area contributed by atoms with Crippen LogP contribution in [0.15, 0.2) is 30.3 Å². The Balaban J connectivity index is 1.50. The highest BCUT2D eigenvalue weighted by Crippen LogP contribution is 2.35. The van der Waals surface area contributed by atoms with E-state index in [9.17, 15) is 50.8 Å². The van der Waals surface area contributed by atoms with E-state index in [1.807, 2.05) is 0 Å². The van der Waals surface area contributed by atoms with Gasteiger partial charge in [-0.3, -0.25) is 0 Å². The summed E-state index contributed by atoms with van der Waals surface area (Å²) in [5, 5.41) is 93.1. The van der Waals surface area contributed by atoms with E-state index in [1.54, 1.807) is 6.07 Å². The summed E-state index contributed by atoms with van der Waals surface area (Å²) >= 11 is 0. The molecule has 45 heavy (non-hydrogen) atoms. The average molecular weight is 652 g/mol. The third-order valence-corrected chi connectivity index (χ3v) is 8.03. The third-order valence-electron chi connectivity index (χ3n) is 8.03. The Morgan fingerprint density at radius 1 is 0.800 bits per heavy atom. The predicted molar refractivity (Wildman–Crippen MR) is 144 cm³/mol. The zero-order chi connectivity index (χ0) is 33.2. The van der Waals surface area contributed by atoms with E-state index in [4.69, 9.17) is 45.6 Å². The highest BCUT2D eigenvalue weighted by Gasteiger charge is 2.58. The lowest BCUT2D eigenvalue weighted by molar-refractivity contribution is -0.400. The summed E-state index contributed by atoms with van der Waals surface area (Å²) in [7, 11) is 0. The number of rotatable bonds is 10. The van der Waals surface area contributed by atoms with Crippen LogP contribution in [-0.2, 0) is 33.2 Å². The molecule has 3 aliphatic rings. The van der Waals surface area contributed by atoms with Crippen molar-refractivity contribution in [1.29, 1.82) is 0 Å². The van der Waals surface area contributed by atoms with Crippen LogP contribution in [0.4, 0.5) is 0 Å². The maximum Gasteiger partial charge on any atom is 0.342 e. The van der Waals surface area contributed by atoms with Gasteiger partial charge in [-0.15, -0.1) is 0 Å². The molecular formula is C26H41N3O16. The fourth-order valence-electron chi connectivity index (χ4n) is 5.30. The summed E-state index contributed by atoms with van der Waals surface area (Å²) in [6.45, 7) is -2.80.